The molecule has 0 aliphatic heterocycles. The van der Waals surface area contributed by atoms with Gasteiger partial charge in [0.2, 0.25) is 11.8 Å². The van der Waals surface area contributed by atoms with Crippen molar-refractivity contribution in [2.24, 2.45) is 0 Å². The highest BCUT2D eigenvalue weighted by Crippen LogP contribution is 2.26. The van der Waals surface area contributed by atoms with E-state index in [2.05, 4.69) is 21.2 Å². The molecule has 1 amide bonds. The molecular formula is C19H20N4O2S2. The summed E-state index contributed by atoms with van der Waals surface area (Å²) in [5.74, 6) is 0.907. The van der Waals surface area contributed by atoms with Crippen LogP contribution in [0.15, 0.2) is 40.1 Å². The molecule has 0 aliphatic rings. The molecule has 0 spiro atoms. The van der Waals surface area contributed by atoms with Crippen LogP contribution >= 0.6 is 23.6 Å². The summed E-state index contributed by atoms with van der Waals surface area (Å²) in [6, 6.07) is 9.77. The van der Waals surface area contributed by atoms with Gasteiger partial charge in [-0.05, 0) is 61.6 Å². The summed E-state index contributed by atoms with van der Waals surface area (Å²) in [7, 11) is 0. The monoisotopic (exact) mass is 400 g/mol. The van der Waals surface area contributed by atoms with Crippen LogP contribution in [0.3, 0.4) is 0 Å². The minimum absolute atomic E-state index is 0.0970. The summed E-state index contributed by atoms with van der Waals surface area (Å²) in [5, 5.41) is 5.34. The number of thiocarbonyl (C=S) groups is 1. The van der Waals surface area contributed by atoms with Gasteiger partial charge in [-0.2, -0.15) is 0 Å². The Bertz CT molecular complexity index is 964. The number of nitrogens with zero attached hydrogens (tertiary/aromatic N) is 1. The number of hydrogen-bond acceptors (Lipinski definition) is 5. The van der Waals surface area contributed by atoms with Gasteiger partial charge in [0, 0.05) is 5.69 Å². The fraction of sp³-hybridized carbons (Fsp3) is 0.211. The predicted molar refractivity (Wildman–Crippen MR) is 112 cm³/mol. The maximum absolute atomic E-state index is 12.2. The van der Waals surface area contributed by atoms with Crippen LogP contribution in [-0.4, -0.2) is 16.0 Å². The number of oxazole rings is 1. The van der Waals surface area contributed by atoms with Gasteiger partial charge in [-0.1, -0.05) is 18.2 Å². The third-order valence-electron chi connectivity index (χ3n) is 4.12. The molecular weight excluding hydrogens is 380 g/mol. The number of thiophene rings is 1. The van der Waals surface area contributed by atoms with E-state index in [0.717, 1.165) is 21.7 Å². The van der Waals surface area contributed by atoms with Gasteiger partial charge in [0.05, 0.1) is 17.0 Å². The zero-order valence-corrected chi connectivity index (χ0v) is 16.9. The number of carbonyl (C=O) groups is 1. The number of nitrogens with one attached hydrogen (secondary N) is 3. The number of hydrazine groups is 1. The van der Waals surface area contributed by atoms with Crippen LogP contribution < -0.4 is 16.2 Å². The molecule has 6 nitrogen and oxygen atoms in total. The molecule has 8 heteroatoms. The molecule has 0 bridgehead atoms. The first kappa shape index (κ1) is 19.1. The Morgan fingerprint density at radius 1 is 1.19 bits per heavy atom. The summed E-state index contributed by atoms with van der Waals surface area (Å²) < 4.78 is 5.65. The lowest BCUT2D eigenvalue weighted by Gasteiger charge is -2.14. The molecule has 140 valence electrons. The minimum Gasteiger partial charge on any atom is -0.440 e. The molecule has 0 saturated heterocycles. The maximum atomic E-state index is 12.2. The van der Waals surface area contributed by atoms with Crippen LogP contribution in [0.1, 0.15) is 22.6 Å². The topological polar surface area (TPSA) is 79.2 Å². The highest BCUT2D eigenvalue weighted by Gasteiger charge is 2.15. The van der Waals surface area contributed by atoms with Crippen molar-refractivity contribution >= 4 is 40.3 Å². The van der Waals surface area contributed by atoms with Crippen molar-refractivity contribution in [1.82, 2.24) is 15.8 Å². The first-order chi connectivity index (χ1) is 12.9. The Hall–Kier alpha value is -2.71. The standard InChI is InChI=1S/C19H20N4O2S2/c1-11-6-4-7-14(12(11)2)21-19(26)23-22-17(24)10-15-13(3)25-18(20-15)16-8-5-9-27-16/h4-9H,10H2,1-3H3,(H,22,24)(H2,21,23,26). The second kappa shape index (κ2) is 8.32. The molecule has 0 unspecified atom stereocenters. The van der Waals surface area contributed by atoms with Crippen molar-refractivity contribution in [2.45, 2.75) is 27.2 Å². The fourth-order valence-corrected chi connectivity index (χ4v) is 3.27. The summed E-state index contributed by atoms with van der Waals surface area (Å²) in [5.41, 5.74) is 9.07. The second-order valence-corrected chi connectivity index (χ2v) is 7.41. The van der Waals surface area contributed by atoms with E-state index in [0.29, 0.717) is 22.5 Å². The Kier molecular flexibility index (Phi) is 5.88. The van der Waals surface area contributed by atoms with Gasteiger partial charge >= 0.3 is 0 Å². The molecule has 27 heavy (non-hydrogen) atoms. The summed E-state index contributed by atoms with van der Waals surface area (Å²) in [6.45, 7) is 5.84. The van der Waals surface area contributed by atoms with Crippen LogP contribution in [0.4, 0.5) is 5.69 Å². The Labute approximate surface area is 167 Å². The van der Waals surface area contributed by atoms with Gasteiger partial charge in [0.25, 0.3) is 0 Å². The van der Waals surface area contributed by atoms with Crippen LogP contribution in [0.2, 0.25) is 0 Å². The minimum atomic E-state index is -0.255. The molecule has 2 heterocycles. The fourth-order valence-electron chi connectivity index (χ4n) is 2.46. The zero-order chi connectivity index (χ0) is 19.4. The highest BCUT2D eigenvalue weighted by molar-refractivity contribution is 7.80. The van der Waals surface area contributed by atoms with Crippen LogP contribution in [0.25, 0.3) is 10.8 Å². The van der Waals surface area contributed by atoms with Crippen molar-refractivity contribution in [3.8, 4) is 10.8 Å². The average Bonchev–Trinajstić information content (AvgIpc) is 3.28. The van der Waals surface area contributed by atoms with Gasteiger partial charge in [-0.15, -0.1) is 11.3 Å². The number of benzene rings is 1. The Balaban J connectivity index is 1.54. The number of aromatic nitrogens is 1. The number of carbonyl (C=O) groups excluding carboxylic acids is 1. The molecule has 1 aromatic carbocycles. The molecule has 3 N–H and O–H groups in total. The van der Waals surface area contributed by atoms with E-state index in [1.54, 1.807) is 6.92 Å². The van der Waals surface area contributed by atoms with Crippen molar-refractivity contribution in [3.05, 3.63) is 58.3 Å². The lowest BCUT2D eigenvalue weighted by atomic mass is 10.1. The third kappa shape index (κ3) is 4.72. The number of amides is 1. The van der Waals surface area contributed by atoms with E-state index in [1.807, 2.05) is 49.6 Å². The van der Waals surface area contributed by atoms with Crippen LogP contribution in [0.5, 0.6) is 0 Å². The largest absolute Gasteiger partial charge is 0.440 e. The van der Waals surface area contributed by atoms with Gasteiger partial charge in [-0.25, -0.2) is 4.98 Å². The smallest absolute Gasteiger partial charge is 0.244 e. The first-order valence-corrected chi connectivity index (χ1v) is 9.65. The molecule has 0 fully saturated rings. The van der Waals surface area contributed by atoms with Crippen molar-refractivity contribution in [2.75, 3.05) is 5.32 Å². The van der Waals surface area contributed by atoms with Gasteiger partial charge in [0.15, 0.2) is 5.11 Å². The van der Waals surface area contributed by atoms with E-state index in [9.17, 15) is 4.79 Å². The number of hydrogen-bond donors (Lipinski definition) is 3. The van der Waals surface area contributed by atoms with Gasteiger partial charge in [0.1, 0.15) is 5.76 Å². The SMILES string of the molecule is Cc1cccc(NC(=S)NNC(=O)Cc2nc(-c3cccs3)oc2C)c1C. The van der Waals surface area contributed by atoms with E-state index in [-0.39, 0.29) is 12.3 Å². The molecule has 0 aliphatic carbocycles. The molecule has 0 saturated carbocycles. The summed E-state index contributed by atoms with van der Waals surface area (Å²) in [4.78, 5) is 17.5. The number of rotatable bonds is 4. The van der Waals surface area contributed by atoms with Crippen molar-refractivity contribution in [1.29, 1.82) is 0 Å². The van der Waals surface area contributed by atoms with E-state index < -0.39 is 0 Å². The molecule has 2 aromatic heterocycles. The number of aryl methyl sites for hydroxylation is 2. The summed E-state index contributed by atoms with van der Waals surface area (Å²) >= 11 is 6.78. The molecule has 0 radical (unpaired) electrons. The average molecular weight is 401 g/mol. The maximum Gasteiger partial charge on any atom is 0.244 e. The highest BCUT2D eigenvalue weighted by atomic mass is 32.1. The lowest BCUT2D eigenvalue weighted by Crippen LogP contribution is -2.44. The van der Waals surface area contributed by atoms with Gasteiger partial charge < -0.3 is 9.73 Å². The Morgan fingerprint density at radius 3 is 2.74 bits per heavy atom. The first-order valence-electron chi connectivity index (χ1n) is 8.36. The zero-order valence-electron chi connectivity index (χ0n) is 15.3. The molecule has 0 atom stereocenters. The predicted octanol–water partition coefficient (Wildman–Crippen LogP) is 3.89. The number of anilines is 1. The van der Waals surface area contributed by atoms with Crippen molar-refractivity contribution < 1.29 is 9.21 Å². The lowest BCUT2D eigenvalue weighted by molar-refractivity contribution is -0.121. The van der Waals surface area contributed by atoms with E-state index in [4.69, 9.17) is 16.6 Å². The van der Waals surface area contributed by atoms with E-state index >= 15 is 0 Å². The molecule has 3 aromatic rings. The quantitative estimate of drug-likeness (QED) is 0.455. The van der Waals surface area contributed by atoms with Gasteiger partial charge in [-0.3, -0.25) is 15.6 Å². The normalized spacial score (nSPS) is 10.5. The van der Waals surface area contributed by atoms with E-state index in [1.165, 1.54) is 11.3 Å². The molecule has 3 rings (SSSR count). The summed E-state index contributed by atoms with van der Waals surface area (Å²) in [6.07, 6.45) is 0.0970. The van der Waals surface area contributed by atoms with Crippen molar-refractivity contribution in [3.63, 3.8) is 0 Å². The third-order valence-corrected chi connectivity index (χ3v) is 5.18. The van der Waals surface area contributed by atoms with Crippen LogP contribution in [0, 0.1) is 20.8 Å². The Morgan fingerprint density at radius 2 is 2.00 bits per heavy atom. The van der Waals surface area contributed by atoms with Crippen LogP contribution in [-0.2, 0) is 11.2 Å². The second-order valence-electron chi connectivity index (χ2n) is 6.05.